The van der Waals surface area contributed by atoms with Crippen molar-refractivity contribution >= 4 is 28.0 Å². The Morgan fingerprint density at radius 2 is 1.89 bits per heavy atom. The number of hydrogen-bond donors (Lipinski definition) is 2. The van der Waals surface area contributed by atoms with Crippen molar-refractivity contribution in [3.8, 4) is 11.5 Å². The highest BCUT2D eigenvalue weighted by Gasteiger charge is 2.21. The lowest BCUT2D eigenvalue weighted by atomic mass is 10.1. The van der Waals surface area contributed by atoms with Crippen molar-refractivity contribution in [2.75, 3.05) is 11.9 Å². The Kier molecular flexibility index (Phi) is 4.61. The van der Waals surface area contributed by atoms with E-state index in [-0.39, 0.29) is 11.7 Å². The second-order valence-corrected chi connectivity index (χ2v) is 6.39. The molecule has 0 aliphatic heterocycles. The number of nitrogens with one attached hydrogen (secondary N) is 1. The van der Waals surface area contributed by atoms with E-state index in [2.05, 4.69) is 10.3 Å². The van der Waals surface area contributed by atoms with Gasteiger partial charge in [-0.05, 0) is 37.6 Å². The average Bonchev–Trinajstić information content (AvgIpc) is 3.09. The zero-order valence-corrected chi connectivity index (χ0v) is 15.8. The molecule has 0 unspecified atom stereocenters. The molecule has 1 amide bonds. The Bertz CT molecular complexity index is 1180. The molecule has 2 N–H and O–H groups in total. The molecule has 0 aliphatic carbocycles. The number of amides is 1. The lowest BCUT2D eigenvalue weighted by Gasteiger charge is -2.11. The predicted molar refractivity (Wildman–Crippen MR) is 109 cm³/mol. The maximum Gasteiger partial charge on any atom is 0.274 e. The van der Waals surface area contributed by atoms with Crippen LogP contribution < -0.4 is 10.1 Å². The minimum atomic E-state index is -0.256. The number of rotatable bonds is 5. The number of aromatic hydroxyl groups is 1. The number of carbonyl (C=O) groups is 1. The third kappa shape index (κ3) is 2.93. The molecule has 6 nitrogen and oxygen atoms in total. The number of benzene rings is 2. The SMILES string of the molecule is CCOc1cccn2c(C(=O)Nc3cccc4c(O)cccc34)c(CC)nc12. The molecule has 0 fully saturated rings. The topological polar surface area (TPSA) is 75.9 Å². The average molecular weight is 375 g/mol. The van der Waals surface area contributed by atoms with Gasteiger partial charge >= 0.3 is 0 Å². The van der Waals surface area contributed by atoms with E-state index in [1.165, 1.54) is 0 Å². The second kappa shape index (κ2) is 7.23. The number of imidazole rings is 1. The fourth-order valence-electron chi connectivity index (χ4n) is 3.43. The first-order valence-corrected chi connectivity index (χ1v) is 9.28. The molecule has 4 rings (SSSR count). The second-order valence-electron chi connectivity index (χ2n) is 6.39. The summed E-state index contributed by atoms with van der Waals surface area (Å²) in [5.74, 6) is 0.571. The third-order valence-electron chi connectivity index (χ3n) is 4.68. The van der Waals surface area contributed by atoms with Crippen molar-refractivity contribution in [3.63, 3.8) is 0 Å². The number of anilines is 1. The van der Waals surface area contributed by atoms with Gasteiger partial charge in [0.05, 0.1) is 12.3 Å². The van der Waals surface area contributed by atoms with Gasteiger partial charge in [0, 0.05) is 22.7 Å². The number of aryl methyl sites for hydroxylation is 1. The maximum absolute atomic E-state index is 13.2. The van der Waals surface area contributed by atoms with Gasteiger partial charge in [0.1, 0.15) is 11.4 Å². The van der Waals surface area contributed by atoms with Gasteiger partial charge in [0.15, 0.2) is 11.4 Å². The molecule has 142 valence electrons. The van der Waals surface area contributed by atoms with Crippen LogP contribution in [0.5, 0.6) is 11.5 Å². The van der Waals surface area contributed by atoms with E-state index in [9.17, 15) is 9.90 Å². The summed E-state index contributed by atoms with van der Waals surface area (Å²) in [6, 6.07) is 14.4. The van der Waals surface area contributed by atoms with Gasteiger partial charge in [-0.3, -0.25) is 9.20 Å². The zero-order chi connectivity index (χ0) is 19.7. The normalized spacial score (nSPS) is 11.1. The Morgan fingerprint density at radius 1 is 1.11 bits per heavy atom. The van der Waals surface area contributed by atoms with Gasteiger partial charge in [0.25, 0.3) is 5.91 Å². The number of phenolic OH excluding ortho intramolecular Hbond substituents is 1. The van der Waals surface area contributed by atoms with E-state index in [4.69, 9.17) is 4.74 Å². The minimum absolute atomic E-state index is 0.180. The highest BCUT2D eigenvalue weighted by molar-refractivity contribution is 6.10. The molecule has 2 aromatic carbocycles. The summed E-state index contributed by atoms with van der Waals surface area (Å²) >= 11 is 0. The number of carbonyl (C=O) groups excluding carboxylic acids is 1. The number of hydrogen-bond acceptors (Lipinski definition) is 4. The summed E-state index contributed by atoms with van der Waals surface area (Å²) in [7, 11) is 0. The molecule has 2 heterocycles. The van der Waals surface area contributed by atoms with Gasteiger partial charge in [-0.1, -0.05) is 31.2 Å². The first kappa shape index (κ1) is 17.9. The van der Waals surface area contributed by atoms with Crippen molar-refractivity contribution in [2.24, 2.45) is 0 Å². The van der Waals surface area contributed by atoms with Crippen LogP contribution in [0.1, 0.15) is 30.0 Å². The first-order valence-electron chi connectivity index (χ1n) is 9.28. The van der Waals surface area contributed by atoms with E-state index < -0.39 is 0 Å². The number of ether oxygens (including phenoxy) is 1. The van der Waals surface area contributed by atoms with Crippen LogP contribution >= 0.6 is 0 Å². The first-order chi connectivity index (χ1) is 13.6. The molecular formula is C22H21N3O3. The summed E-state index contributed by atoms with van der Waals surface area (Å²) in [5.41, 5.74) is 2.45. The van der Waals surface area contributed by atoms with Crippen LogP contribution in [0.2, 0.25) is 0 Å². The molecule has 0 radical (unpaired) electrons. The molecular weight excluding hydrogens is 354 g/mol. The van der Waals surface area contributed by atoms with Crippen LogP contribution in [0.4, 0.5) is 5.69 Å². The van der Waals surface area contributed by atoms with Gasteiger partial charge in [-0.25, -0.2) is 4.98 Å². The Hall–Kier alpha value is -3.54. The van der Waals surface area contributed by atoms with Crippen molar-refractivity contribution in [2.45, 2.75) is 20.3 Å². The molecule has 4 aromatic rings. The molecule has 28 heavy (non-hydrogen) atoms. The predicted octanol–water partition coefficient (Wildman–Crippen LogP) is 4.41. The summed E-state index contributed by atoms with van der Waals surface area (Å²) < 4.78 is 7.42. The van der Waals surface area contributed by atoms with E-state index in [0.717, 1.165) is 5.39 Å². The van der Waals surface area contributed by atoms with E-state index in [1.807, 2.05) is 50.4 Å². The lowest BCUT2D eigenvalue weighted by molar-refractivity contribution is 0.102. The molecule has 0 saturated carbocycles. The Labute approximate surface area is 162 Å². The summed E-state index contributed by atoms with van der Waals surface area (Å²) in [6.07, 6.45) is 2.43. The van der Waals surface area contributed by atoms with Crippen LogP contribution in [-0.4, -0.2) is 27.0 Å². The Balaban J connectivity index is 1.80. The molecule has 0 spiro atoms. The highest BCUT2D eigenvalue weighted by atomic mass is 16.5. The van der Waals surface area contributed by atoms with Crippen molar-refractivity contribution in [3.05, 3.63) is 66.1 Å². The van der Waals surface area contributed by atoms with Gasteiger partial charge in [-0.15, -0.1) is 0 Å². The number of fused-ring (bicyclic) bond motifs is 2. The quantitative estimate of drug-likeness (QED) is 0.542. The van der Waals surface area contributed by atoms with Crippen molar-refractivity contribution < 1.29 is 14.6 Å². The molecule has 0 saturated heterocycles. The number of pyridine rings is 1. The van der Waals surface area contributed by atoms with E-state index in [0.29, 0.717) is 46.9 Å². The number of nitrogens with zero attached hydrogens (tertiary/aromatic N) is 2. The minimum Gasteiger partial charge on any atom is -0.507 e. The van der Waals surface area contributed by atoms with Gasteiger partial charge in [0.2, 0.25) is 0 Å². The summed E-state index contributed by atoms with van der Waals surface area (Å²) in [5, 5.41) is 14.5. The third-order valence-corrected chi connectivity index (χ3v) is 4.68. The fourth-order valence-corrected chi connectivity index (χ4v) is 3.43. The van der Waals surface area contributed by atoms with Crippen LogP contribution in [0, 0.1) is 0 Å². The molecule has 0 atom stereocenters. The summed E-state index contributed by atoms with van der Waals surface area (Å²) in [4.78, 5) is 17.8. The van der Waals surface area contributed by atoms with Gasteiger partial charge in [-0.2, -0.15) is 0 Å². The lowest BCUT2D eigenvalue weighted by Crippen LogP contribution is -2.16. The number of aromatic nitrogens is 2. The smallest absolute Gasteiger partial charge is 0.274 e. The van der Waals surface area contributed by atoms with Crippen LogP contribution in [0.3, 0.4) is 0 Å². The van der Waals surface area contributed by atoms with Crippen LogP contribution in [-0.2, 0) is 6.42 Å². The molecule has 0 aliphatic rings. The monoisotopic (exact) mass is 375 g/mol. The largest absolute Gasteiger partial charge is 0.507 e. The van der Waals surface area contributed by atoms with Crippen LogP contribution in [0.15, 0.2) is 54.7 Å². The molecule has 2 aromatic heterocycles. The maximum atomic E-state index is 13.2. The standard InChI is InChI=1S/C22H21N3O3/c1-3-16-20(25-13-7-12-19(28-4-2)21(25)23-16)22(27)24-17-10-5-9-15-14(17)8-6-11-18(15)26/h5-13,26H,3-4H2,1-2H3,(H,24,27). The van der Waals surface area contributed by atoms with E-state index in [1.54, 1.807) is 22.6 Å². The van der Waals surface area contributed by atoms with Gasteiger partial charge < -0.3 is 15.2 Å². The molecule has 0 bridgehead atoms. The summed E-state index contributed by atoms with van der Waals surface area (Å²) in [6.45, 7) is 4.40. The van der Waals surface area contributed by atoms with Crippen LogP contribution in [0.25, 0.3) is 16.4 Å². The number of phenols is 1. The Morgan fingerprint density at radius 3 is 2.68 bits per heavy atom. The van der Waals surface area contributed by atoms with Crippen molar-refractivity contribution in [1.29, 1.82) is 0 Å². The van der Waals surface area contributed by atoms with Crippen molar-refractivity contribution in [1.82, 2.24) is 9.38 Å². The molecule has 6 heteroatoms. The zero-order valence-electron chi connectivity index (χ0n) is 15.8. The fraction of sp³-hybridized carbons (Fsp3) is 0.182. The highest BCUT2D eigenvalue weighted by Crippen LogP contribution is 2.30. The van der Waals surface area contributed by atoms with E-state index >= 15 is 0 Å².